The molecule has 0 aliphatic heterocycles. The van der Waals surface area contributed by atoms with Crippen LogP contribution in [0.3, 0.4) is 0 Å². The molecule has 0 aromatic carbocycles. The summed E-state index contributed by atoms with van der Waals surface area (Å²) < 4.78 is 1.76. The van der Waals surface area contributed by atoms with E-state index in [1.165, 1.54) is 0 Å². The van der Waals surface area contributed by atoms with E-state index in [4.69, 9.17) is 0 Å². The van der Waals surface area contributed by atoms with Crippen molar-refractivity contribution in [1.29, 1.82) is 0 Å². The number of carbonyl (C=O) groups is 1. The van der Waals surface area contributed by atoms with Gasteiger partial charge in [-0.1, -0.05) is 6.07 Å². The Kier molecular flexibility index (Phi) is 4.78. The summed E-state index contributed by atoms with van der Waals surface area (Å²) in [5.41, 5.74) is 1.40. The van der Waals surface area contributed by atoms with Gasteiger partial charge in [-0.2, -0.15) is 5.10 Å². The third-order valence-corrected chi connectivity index (χ3v) is 3.97. The van der Waals surface area contributed by atoms with E-state index in [9.17, 15) is 14.4 Å². The Morgan fingerprint density at radius 2 is 2.04 bits per heavy atom. The smallest absolute Gasteiger partial charge is 0.326 e. The maximum absolute atomic E-state index is 12.1. The number of rotatable bonds is 5. The summed E-state index contributed by atoms with van der Waals surface area (Å²) in [5, 5.41) is 7.20. The Morgan fingerprint density at radius 3 is 2.73 bits per heavy atom. The van der Waals surface area contributed by atoms with Crippen LogP contribution in [0.1, 0.15) is 27.4 Å². The van der Waals surface area contributed by atoms with Gasteiger partial charge in [-0.15, -0.1) is 0 Å². The Labute approximate surface area is 148 Å². The molecule has 0 unspecified atom stereocenters. The van der Waals surface area contributed by atoms with E-state index >= 15 is 0 Å². The molecular formula is C17H18N6O3. The minimum Gasteiger partial charge on any atom is -0.350 e. The summed E-state index contributed by atoms with van der Waals surface area (Å²) in [5.74, 6) is 0.213. The second kappa shape index (κ2) is 7.18. The highest BCUT2D eigenvalue weighted by molar-refractivity contribution is 5.92. The number of nitrogens with zero attached hydrogens (tertiary/aromatic N) is 3. The fourth-order valence-electron chi connectivity index (χ4n) is 2.73. The minimum atomic E-state index is -0.717. The maximum Gasteiger partial charge on any atom is 0.326 e. The van der Waals surface area contributed by atoms with E-state index in [-0.39, 0.29) is 5.69 Å². The lowest BCUT2D eigenvalue weighted by Gasteiger charge is -2.06. The van der Waals surface area contributed by atoms with Gasteiger partial charge in [0, 0.05) is 24.5 Å². The van der Waals surface area contributed by atoms with Gasteiger partial charge in [0.1, 0.15) is 5.69 Å². The second-order valence-corrected chi connectivity index (χ2v) is 5.76. The zero-order chi connectivity index (χ0) is 18.7. The van der Waals surface area contributed by atoms with Gasteiger partial charge >= 0.3 is 5.69 Å². The summed E-state index contributed by atoms with van der Waals surface area (Å²) >= 11 is 0. The molecule has 0 fully saturated rings. The molecule has 0 bridgehead atoms. The normalized spacial score (nSPS) is 10.7. The number of hydrogen-bond donors (Lipinski definition) is 3. The summed E-state index contributed by atoms with van der Waals surface area (Å²) in [6.07, 6.45) is 2.26. The molecule has 0 aliphatic carbocycles. The minimum absolute atomic E-state index is 0.0728. The van der Waals surface area contributed by atoms with Crippen molar-refractivity contribution in [2.75, 3.05) is 6.54 Å². The van der Waals surface area contributed by atoms with Crippen LogP contribution in [-0.4, -0.2) is 37.2 Å². The SMILES string of the molecule is Cc1nn(-c2ccccn2)c(C)c1CCNC(=O)c1cc(=O)[nH]c(=O)[nH]1. The first-order valence-corrected chi connectivity index (χ1v) is 8.04. The number of aromatic amines is 2. The Morgan fingerprint density at radius 1 is 1.23 bits per heavy atom. The van der Waals surface area contributed by atoms with Crippen molar-refractivity contribution in [3.05, 3.63) is 73.9 Å². The number of nitrogens with one attached hydrogen (secondary N) is 3. The first kappa shape index (κ1) is 17.3. The van der Waals surface area contributed by atoms with Crippen LogP contribution in [0.2, 0.25) is 0 Å². The van der Waals surface area contributed by atoms with Gasteiger partial charge in [-0.25, -0.2) is 14.5 Å². The molecule has 134 valence electrons. The van der Waals surface area contributed by atoms with Crippen molar-refractivity contribution in [3.63, 3.8) is 0 Å². The first-order chi connectivity index (χ1) is 12.5. The lowest BCUT2D eigenvalue weighted by atomic mass is 10.1. The molecule has 3 rings (SSSR count). The van der Waals surface area contributed by atoms with E-state index in [2.05, 4.69) is 20.4 Å². The molecule has 0 saturated heterocycles. The summed E-state index contributed by atoms with van der Waals surface area (Å²) in [6, 6.07) is 6.65. The molecule has 9 heteroatoms. The van der Waals surface area contributed by atoms with Crippen molar-refractivity contribution >= 4 is 5.91 Å². The molecule has 3 aromatic heterocycles. The first-order valence-electron chi connectivity index (χ1n) is 8.04. The van der Waals surface area contributed by atoms with Gasteiger partial charge in [0.25, 0.3) is 11.5 Å². The second-order valence-electron chi connectivity index (χ2n) is 5.76. The fourth-order valence-corrected chi connectivity index (χ4v) is 2.73. The third kappa shape index (κ3) is 3.61. The highest BCUT2D eigenvalue weighted by Crippen LogP contribution is 2.16. The van der Waals surface area contributed by atoms with E-state index in [0.717, 1.165) is 28.8 Å². The number of pyridine rings is 1. The van der Waals surface area contributed by atoms with Crippen LogP contribution in [0, 0.1) is 13.8 Å². The molecule has 0 atom stereocenters. The number of H-pyrrole nitrogens is 2. The number of aryl methyl sites for hydroxylation is 1. The quantitative estimate of drug-likeness (QED) is 0.605. The van der Waals surface area contributed by atoms with Crippen LogP contribution >= 0.6 is 0 Å². The molecule has 3 aromatic rings. The molecule has 3 N–H and O–H groups in total. The van der Waals surface area contributed by atoms with E-state index in [0.29, 0.717) is 13.0 Å². The highest BCUT2D eigenvalue weighted by Gasteiger charge is 2.14. The predicted octanol–water partition coefficient (Wildman–Crippen LogP) is 0.233. The lowest BCUT2D eigenvalue weighted by molar-refractivity contribution is 0.0948. The number of hydrogen-bond acceptors (Lipinski definition) is 5. The van der Waals surface area contributed by atoms with Gasteiger partial charge in [0.05, 0.1) is 5.69 Å². The average Bonchev–Trinajstić information content (AvgIpc) is 2.89. The molecule has 0 saturated carbocycles. The van der Waals surface area contributed by atoms with Crippen LogP contribution in [0.5, 0.6) is 0 Å². The monoisotopic (exact) mass is 354 g/mol. The fraction of sp³-hybridized carbons (Fsp3) is 0.235. The van der Waals surface area contributed by atoms with Crippen LogP contribution in [0.15, 0.2) is 40.1 Å². The van der Waals surface area contributed by atoms with E-state index < -0.39 is 17.2 Å². The van der Waals surface area contributed by atoms with Crippen molar-refractivity contribution in [1.82, 2.24) is 30.0 Å². The van der Waals surface area contributed by atoms with Gasteiger partial charge in [-0.05, 0) is 38.0 Å². The average molecular weight is 354 g/mol. The summed E-state index contributed by atoms with van der Waals surface area (Å²) in [7, 11) is 0. The van der Waals surface area contributed by atoms with Gasteiger partial charge in [0.2, 0.25) is 0 Å². The molecule has 3 heterocycles. The molecule has 9 nitrogen and oxygen atoms in total. The van der Waals surface area contributed by atoms with Gasteiger partial charge in [-0.3, -0.25) is 14.6 Å². The highest BCUT2D eigenvalue weighted by atomic mass is 16.2. The zero-order valence-corrected chi connectivity index (χ0v) is 14.4. The zero-order valence-electron chi connectivity index (χ0n) is 14.4. The predicted molar refractivity (Wildman–Crippen MR) is 94.6 cm³/mol. The van der Waals surface area contributed by atoms with Gasteiger partial charge in [0.15, 0.2) is 5.82 Å². The van der Waals surface area contributed by atoms with Crippen LogP contribution < -0.4 is 16.6 Å². The molecule has 0 radical (unpaired) electrons. The molecular weight excluding hydrogens is 336 g/mol. The Bertz CT molecular complexity index is 1020. The molecule has 0 aliphatic rings. The molecule has 1 amide bonds. The van der Waals surface area contributed by atoms with E-state index in [1.54, 1.807) is 10.9 Å². The largest absolute Gasteiger partial charge is 0.350 e. The van der Waals surface area contributed by atoms with Crippen LogP contribution in [0.4, 0.5) is 0 Å². The summed E-state index contributed by atoms with van der Waals surface area (Å²) in [4.78, 5) is 43.2. The molecule has 26 heavy (non-hydrogen) atoms. The number of amides is 1. The van der Waals surface area contributed by atoms with Crippen molar-refractivity contribution < 1.29 is 4.79 Å². The number of carbonyl (C=O) groups excluding carboxylic acids is 1. The van der Waals surface area contributed by atoms with Crippen LogP contribution in [-0.2, 0) is 6.42 Å². The van der Waals surface area contributed by atoms with Crippen molar-refractivity contribution in [2.45, 2.75) is 20.3 Å². The van der Waals surface area contributed by atoms with Crippen molar-refractivity contribution in [3.8, 4) is 5.82 Å². The van der Waals surface area contributed by atoms with Crippen LogP contribution in [0.25, 0.3) is 5.82 Å². The Hall–Kier alpha value is -3.49. The van der Waals surface area contributed by atoms with E-state index in [1.807, 2.05) is 37.0 Å². The van der Waals surface area contributed by atoms with Gasteiger partial charge < -0.3 is 10.3 Å². The van der Waals surface area contributed by atoms with Crippen molar-refractivity contribution in [2.24, 2.45) is 0 Å². The third-order valence-electron chi connectivity index (χ3n) is 3.97. The molecule has 0 spiro atoms. The standard InChI is InChI=1S/C17H18N6O3/c1-10-12(11(2)23(22-10)14-5-3-4-7-18-14)6-8-19-16(25)13-9-15(24)21-17(26)20-13/h3-5,7,9H,6,8H2,1-2H3,(H,19,25)(H2,20,21,24,26). The topological polar surface area (TPSA) is 126 Å². The summed E-state index contributed by atoms with van der Waals surface area (Å²) in [6.45, 7) is 4.18. The lowest BCUT2D eigenvalue weighted by Crippen LogP contribution is -2.32. The number of aromatic nitrogens is 5. The Balaban J connectivity index is 1.70. The maximum atomic E-state index is 12.1.